The van der Waals surface area contributed by atoms with E-state index >= 15 is 0 Å². The van der Waals surface area contributed by atoms with Crippen molar-refractivity contribution in [3.63, 3.8) is 0 Å². The van der Waals surface area contributed by atoms with Gasteiger partial charge in [-0.05, 0) is 24.3 Å². The first kappa shape index (κ1) is 22.7. The number of aromatic nitrogens is 3. The lowest BCUT2D eigenvalue weighted by molar-refractivity contribution is -0.119. The maximum absolute atomic E-state index is 12.8. The zero-order valence-electron chi connectivity index (χ0n) is 19.0. The Bertz CT molecular complexity index is 1380. The molecular weight excluding hydrogens is 458 g/mol. The van der Waals surface area contributed by atoms with Gasteiger partial charge in [0.1, 0.15) is 5.71 Å². The number of hydrogen-bond donors (Lipinski definition) is 2. The molecule has 0 spiro atoms. The SMILES string of the molecule is O=C(NNC(=O)c1nc(-c2ccccc2)n(-c2ccccc2)n1)C1=NN(c2ccccc2)C(=O)CC1. The van der Waals surface area contributed by atoms with Gasteiger partial charge >= 0.3 is 5.91 Å². The average Bonchev–Trinajstić information content (AvgIpc) is 3.39. The number of benzene rings is 3. The number of para-hydroxylation sites is 2. The first-order valence-electron chi connectivity index (χ1n) is 11.2. The predicted octanol–water partition coefficient (Wildman–Crippen LogP) is 2.88. The van der Waals surface area contributed by atoms with Crippen LogP contribution in [0.4, 0.5) is 5.69 Å². The van der Waals surface area contributed by atoms with Crippen molar-refractivity contribution in [3.8, 4) is 17.1 Å². The minimum Gasteiger partial charge on any atom is -0.273 e. The number of carbonyl (C=O) groups excluding carboxylic acids is 3. The largest absolute Gasteiger partial charge is 0.309 e. The Morgan fingerprint density at radius 2 is 1.31 bits per heavy atom. The van der Waals surface area contributed by atoms with Gasteiger partial charge in [0.2, 0.25) is 11.7 Å². The molecule has 0 bridgehead atoms. The summed E-state index contributed by atoms with van der Waals surface area (Å²) in [7, 11) is 0. The Labute approximate surface area is 206 Å². The van der Waals surface area contributed by atoms with Crippen LogP contribution < -0.4 is 15.9 Å². The van der Waals surface area contributed by atoms with E-state index in [-0.39, 0.29) is 30.3 Å². The van der Waals surface area contributed by atoms with Crippen LogP contribution in [-0.2, 0) is 9.59 Å². The Kier molecular flexibility index (Phi) is 6.31. The molecule has 10 heteroatoms. The zero-order valence-corrected chi connectivity index (χ0v) is 19.0. The van der Waals surface area contributed by atoms with E-state index in [1.807, 2.05) is 66.7 Å². The summed E-state index contributed by atoms with van der Waals surface area (Å²) in [5, 5.41) is 9.74. The molecule has 0 unspecified atom stereocenters. The van der Waals surface area contributed by atoms with Gasteiger partial charge in [-0.1, -0.05) is 66.7 Å². The van der Waals surface area contributed by atoms with Crippen LogP contribution in [0.2, 0.25) is 0 Å². The van der Waals surface area contributed by atoms with Crippen LogP contribution in [0, 0.1) is 0 Å². The Morgan fingerprint density at radius 1 is 0.722 bits per heavy atom. The van der Waals surface area contributed by atoms with E-state index in [0.29, 0.717) is 11.5 Å². The van der Waals surface area contributed by atoms with Gasteiger partial charge in [0.05, 0.1) is 11.4 Å². The molecule has 3 aromatic carbocycles. The molecule has 0 aliphatic carbocycles. The molecule has 36 heavy (non-hydrogen) atoms. The van der Waals surface area contributed by atoms with Crippen molar-refractivity contribution in [2.24, 2.45) is 5.10 Å². The summed E-state index contributed by atoms with van der Waals surface area (Å²) in [6, 6.07) is 27.5. The van der Waals surface area contributed by atoms with Gasteiger partial charge in [0.25, 0.3) is 5.91 Å². The summed E-state index contributed by atoms with van der Waals surface area (Å²) in [6.45, 7) is 0. The second-order valence-corrected chi connectivity index (χ2v) is 7.87. The van der Waals surface area contributed by atoms with Gasteiger partial charge in [0, 0.05) is 18.4 Å². The maximum atomic E-state index is 12.8. The normalized spacial score (nSPS) is 13.2. The van der Waals surface area contributed by atoms with E-state index in [1.54, 1.807) is 28.9 Å². The molecule has 2 N–H and O–H groups in total. The molecule has 2 heterocycles. The Hall–Kier alpha value is -5.12. The van der Waals surface area contributed by atoms with E-state index in [2.05, 4.69) is 26.0 Å². The van der Waals surface area contributed by atoms with E-state index in [9.17, 15) is 14.4 Å². The van der Waals surface area contributed by atoms with Gasteiger partial charge in [0.15, 0.2) is 5.82 Å². The van der Waals surface area contributed by atoms with Gasteiger partial charge in [-0.2, -0.15) is 5.10 Å². The minimum absolute atomic E-state index is 0.117. The predicted molar refractivity (Wildman–Crippen MR) is 133 cm³/mol. The highest BCUT2D eigenvalue weighted by Gasteiger charge is 2.26. The number of anilines is 1. The second kappa shape index (κ2) is 10.0. The van der Waals surface area contributed by atoms with Crippen molar-refractivity contribution in [1.29, 1.82) is 0 Å². The topological polar surface area (TPSA) is 122 Å². The summed E-state index contributed by atoms with van der Waals surface area (Å²) in [5.41, 5.74) is 6.87. The van der Waals surface area contributed by atoms with Gasteiger partial charge in [-0.3, -0.25) is 25.2 Å². The van der Waals surface area contributed by atoms with Crippen molar-refractivity contribution in [2.75, 3.05) is 5.01 Å². The van der Waals surface area contributed by atoms with Gasteiger partial charge in [-0.15, -0.1) is 5.10 Å². The van der Waals surface area contributed by atoms with E-state index in [1.165, 1.54) is 5.01 Å². The quantitative estimate of drug-likeness (QED) is 0.426. The van der Waals surface area contributed by atoms with Crippen molar-refractivity contribution in [2.45, 2.75) is 12.8 Å². The third-order valence-electron chi connectivity index (χ3n) is 5.43. The maximum Gasteiger partial charge on any atom is 0.309 e. The summed E-state index contributed by atoms with van der Waals surface area (Å²) in [4.78, 5) is 42.2. The number of hydrogen-bond acceptors (Lipinski definition) is 6. The van der Waals surface area contributed by atoms with E-state index in [4.69, 9.17) is 0 Å². The highest BCUT2D eigenvalue weighted by Crippen LogP contribution is 2.21. The third-order valence-corrected chi connectivity index (χ3v) is 5.43. The molecule has 1 aliphatic heterocycles. The Morgan fingerprint density at radius 3 is 1.97 bits per heavy atom. The summed E-state index contributed by atoms with van der Waals surface area (Å²) >= 11 is 0. The lowest BCUT2D eigenvalue weighted by atomic mass is 10.1. The van der Waals surface area contributed by atoms with Crippen LogP contribution in [-0.4, -0.2) is 38.2 Å². The molecule has 0 atom stereocenters. The molecule has 3 amide bonds. The summed E-state index contributed by atoms with van der Waals surface area (Å²) in [6.07, 6.45) is 0.279. The lowest BCUT2D eigenvalue weighted by Gasteiger charge is -2.23. The minimum atomic E-state index is -0.692. The van der Waals surface area contributed by atoms with Crippen LogP contribution >= 0.6 is 0 Å². The monoisotopic (exact) mass is 479 g/mol. The lowest BCUT2D eigenvalue weighted by Crippen LogP contribution is -2.47. The summed E-state index contributed by atoms with van der Waals surface area (Å²) < 4.78 is 1.57. The summed E-state index contributed by atoms with van der Waals surface area (Å²) in [5.74, 6) is -1.17. The molecular formula is C26H21N7O3. The van der Waals surface area contributed by atoms with Crippen LogP contribution in [0.3, 0.4) is 0 Å². The molecule has 0 fully saturated rings. The molecule has 178 valence electrons. The first-order chi connectivity index (χ1) is 17.6. The second-order valence-electron chi connectivity index (χ2n) is 7.87. The fraction of sp³-hybridized carbons (Fsp3) is 0.0769. The number of hydrazine groups is 1. The number of rotatable bonds is 5. The number of amides is 3. The van der Waals surface area contributed by atoms with Crippen molar-refractivity contribution in [1.82, 2.24) is 25.6 Å². The molecule has 10 nitrogen and oxygen atoms in total. The third kappa shape index (κ3) is 4.73. The standard InChI is InChI=1S/C26H21N7O3/c34-22-17-16-21(30-32(22)19-12-6-2-7-13-19)25(35)28-29-26(36)23-27-24(18-10-4-1-5-11-18)33(31-23)20-14-8-3-9-15-20/h1-15H,16-17H2,(H,28,35)(H,29,36). The van der Waals surface area contributed by atoms with Crippen LogP contribution in [0.1, 0.15) is 23.5 Å². The number of hydrazone groups is 1. The molecule has 4 aromatic rings. The molecule has 1 aliphatic rings. The molecule has 5 rings (SSSR count). The number of nitrogens with one attached hydrogen (secondary N) is 2. The number of nitrogens with zero attached hydrogens (tertiary/aromatic N) is 5. The van der Waals surface area contributed by atoms with Crippen LogP contribution in [0.5, 0.6) is 0 Å². The fourth-order valence-electron chi connectivity index (χ4n) is 3.66. The van der Waals surface area contributed by atoms with Crippen molar-refractivity contribution in [3.05, 3.63) is 96.8 Å². The highest BCUT2D eigenvalue weighted by atomic mass is 16.2. The molecule has 1 aromatic heterocycles. The van der Waals surface area contributed by atoms with Gasteiger partial charge in [-0.25, -0.2) is 14.7 Å². The number of carbonyl (C=O) groups is 3. The van der Waals surface area contributed by atoms with Crippen LogP contribution in [0.15, 0.2) is 96.1 Å². The van der Waals surface area contributed by atoms with Crippen molar-refractivity contribution >= 4 is 29.1 Å². The average molecular weight is 480 g/mol. The van der Waals surface area contributed by atoms with Crippen molar-refractivity contribution < 1.29 is 14.4 Å². The zero-order chi connectivity index (χ0) is 24.9. The fourth-order valence-corrected chi connectivity index (χ4v) is 3.66. The van der Waals surface area contributed by atoms with E-state index < -0.39 is 11.8 Å². The first-order valence-corrected chi connectivity index (χ1v) is 11.2. The molecule has 0 saturated carbocycles. The highest BCUT2D eigenvalue weighted by molar-refractivity contribution is 6.40. The van der Waals surface area contributed by atoms with Gasteiger partial charge < -0.3 is 0 Å². The molecule has 0 radical (unpaired) electrons. The van der Waals surface area contributed by atoms with Crippen LogP contribution in [0.25, 0.3) is 17.1 Å². The smallest absolute Gasteiger partial charge is 0.273 e. The molecule has 0 saturated heterocycles. The van der Waals surface area contributed by atoms with E-state index in [0.717, 1.165) is 11.3 Å². The Balaban J connectivity index is 1.34.